The first-order chi connectivity index (χ1) is 24.4. The van der Waals surface area contributed by atoms with E-state index in [4.69, 9.17) is 34.2 Å². The molecule has 15 nitrogen and oxygen atoms in total. The Labute approximate surface area is 293 Å². The van der Waals surface area contributed by atoms with Crippen LogP contribution < -0.4 is 15.8 Å². The van der Waals surface area contributed by atoms with Crippen LogP contribution in [0, 0.1) is 0 Å². The topological polar surface area (TPSA) is 209 Å². The molecule has 51 heavy (non-hydrogen) atoms. The van der Waals surface area contributed by atoms with Gasteiger partial charge in [-0.3, -0.25) is 19.3 Å². The van der Waals surface area contributed by atoms with Crippen molar-refractivity contribution in [1.29, 1.82) is 0 Å². The second-order valence-corrected chi connectivity index (χ2v) is 14.0. The highest BCUT2D eigenvalue weighted by atomic mass is 16.7. The molecule has 2 aromatic carbocycles. The van der Waals surface area contributed by atoms with Crippen LogP contribution in [0.5, 0.6) is 17.2 Å². The number of nitrogens with two attached hydrogens (primary N) is 1. The number of methoxy groups -OCH3 is 2. The van der Waals surface area contributed by atoms with Crippen molar-refractivity contribution in [2.75, 3.05) is 27.4 Å². The molecule has 8 rings (SSSR count). The number of ketones is 2. The molecule has 272 valence electrons. The highest BCUT2D eigenvalue weighted by Crippen LogP contribution is 2.53. The molecule has 2 aromatic rings. The fourth-order valence-corrected chi connectivity index (χ4v) is 8.68. The summed E-state index contributed by atoms with van der Waals surface area (Å²) in [5.74, 6) is -3.31. The number of phenols is 2. The predicted molar refractivity (Wildman–Crippen MR) is 175 cm³/mol. The van der Waals surface area contributed by atoms with Gasteiger partial charge in [-0.15, -0.1) is 0 Å². The standard InChI is InChI=1S/C36H41N3O12/c1-15-32-20(39-10-11-48-34(47-3)33(39)51-32)12-23(49-15)50-22-14-36(45,35(44)38-19-8-5-7-18(19)37)13-17-25(22)31(43)27-26(29(17)41)28(40)16-6-4-9-21(46-2)24(16)30(27)42/h4,6-7,9,15,19-20,22-23,32-34,41,43,45H,5,8,10-14,37H2,1-3H3,(H,38,44)/t15-,19+,20-,22-,23-,32+,33+,34-,36-/m0/s1. The number of morpholine rings is 1. The number of ether oxygens (including phenoxy) is 6. The van der Waals surface area contributed by atoms with Crippen molar-refractivity contribution in [1.82, 2.24) is 10.2 Å². The van der Waals surface area contributed by atoms with E-state index >= 15 is 0 Å². The van der Waals surface area contributed by atoms with Crippen molar-refractivity contribution in [3.63, 3.8) is 0 Å². The number of benzene rings is 2. The maximum absolute atomic E-state index is 14.1. The van der Waals surface area contributed by atoms with Gasteiger partial charge < -0.3 is 54.8 Å². The summed E-state index contributed by atoms with van der Waals surface area (Å²) >= 11 is 0. The minimum absolute atomic E-state index is 0.0170. The van der Waals surface area contributed by atoms with Gasteiger partial charge in [0.15, 0.2) is 24.6 Å². The number of allylic oxidation sites excluding steroid dienone is 1. The van der Waals surface area contributed by atoms with Crippen molar-refractivity contribution < 1.29 is 58.1 Å². The van der Waals surface area contributed by atoms with Crippen molar-refractivity contribution in [2.45, 2.75) is 93.8 Å². The molecule has 1 amide bonds. The van der Waals surface area contributed by atoms with Crippen LogP contribution in [0.2, 0.25) is 0 Å². The van der Waals surface area contributed by atoms with Gasteiger partial charge in [-0.2, -0.15) is 0 Å². The SMILES string of the molecule is COc1cccc2c1C(=O)c1c(O)c3c(c(O)c1C2=O)C[C@@](O)(C(=O)N[C@@H]1CCC=C1N)C[C@@H]3O[C@H]1C[C@H]2[C@H](O[C@@H]3[C@@H](OC)OCCN32)[C@H](C)O1. The van der Waals surface area contributed by atoms with Gasteiger partial charge in [-0.1, -0.05) is 18.2 Å². The molecule has 0 bridgehead atoms. The average Bonchev–Trinajstić information content (AvgIpc) is 3.71. The molecule has 6 N–H and O–H groups in total. The van der Waals surface area contributed by atoms with E-state index in [1.54, 1.807) is 19.3 Å². The molecule has 3 aliphatic carbocycles. The minimum Gasteiger partial charge on any atom is -0.507 e. The zero-order chi connectivity index (χ0) is 35.9. The summed E-state index contributed by atoms with van der Waals surface area (Å²) in [5.41, 5.74) is 3.37. The number of fused-ring (bicyclic) bond motifs is 6. The number of aromatic hydroxyl groups is 2. The molecule has 0 spiro atoms. The molecular formula is C36H41N3O12. The van der Waals surface area contributed by atoms with Gasteiger partial charge >= 0.3 is 0 Å². The number of carbonyl (C=O) groups excluding carboxylic acids is 3. The summed E-state index contributed by atoms with van der Waals surface area (Å²) < 4.78 is 35.8. The van der Waals surface area contributed by atoms with Crippen LogP contribution in [0.25, 0.3) is 0 Å². The first-order valence-electron chi connectivity index (χ1n) is 17.2. The third-order valence-electron chi connectivity index (χ3n) is 11.1. The van der Waals surface area contributed by atoms with Crippen LogP contribution in [0.1, 0.15) is 81.7 Å². The van der Waals surface area contributed by atoms with E-state index in [2.05, 4.69) is 10.2 Å². The summed E-state index contributed by atoms with van der Waals surface area (Å²) in [7, 11) is 2.91. The lowest BCUT2D eigenvalue weighted by Gasteiger charge is -2.43. The lowest BCUT2D eigenvalue weighted by molar-refractivity contribution is -0.256. The fraction of sp³-hybridized carbons (Fsp3) is 0.528. The molecule has 3 fully saturated rings. The van der Waals surface area contributed by atoms with E-state index in [0.717, 1.165) is 0 Å². The molecule has 6 aliphatic rings. The Morgan fingerprint density at radius 3 is 2.61 bits per heavy atom. The van der Waals surface area contributed by atoms with Gasteiger partial charge in [0.05, 0.1) is 48.7 Å². The Balaban J connectivity index is 1.19. The molecule has 15 heteroatoms. The first kappa shape index (κ1) is 34.0. The second kappa shape index (κ2) is 12.5. The largest absolute Gasteiger partial charge is 0.507 e. The monoisotopic (exact) mass is 707 g/mol. The Hall–Kier alpha value is -4.09. The summed E-state index contributed by atoms with van der Waals surface area (Å²) in [4.78, 5) is 44.0. The Morgan fingerprint density at radius 1 is 1.10 bits per heavy atom. The molecule has 0 unspecified atom stereocenters. The lowest BCUT2D eigenvalue weighted by atomic mass is 9.72. The number of rotatable bonds is 6. The molecule has 3 saturated heterocycles. The van der Waals surface area contributed by atoms with Gasteiger partial charge in [0, 0.05) is 61.3 Å². The molecule has 0 saturated carbocycles. The van der Waals surface area contributed by atoms with Crippen LogP contribution in [0.3, 0.4) is 0 Å². The summed E-state index contributed by atoms with van der Waals surface area (Å²) in [6.45, 7) is 2.86. The van der Waals surface area contributed by atoms with Crippen LogP contribution in [-0.4, -0.2) is 114 Å². The van der Waals surface area contributed by atoms with E-state index in [1.165, 1.54) is 19.2 Å². The van der Waals surface area contributed by atoms with Crippen molar-refractivity contribution in [3.8, 4) is 17.2 Å². The molecule has 3 heterocycles. The Kier molecular flexibility index (Phi) is 8.37. The highest BCUT2D eigenvalue weighted by molar-refractivity contribution is 6.31. The number of phenolic OH excluding ortho intramolecular Hbond substituents is 2. The van der Waals surface area contributed by atoms with E-state index in [9.17, 15) is 29.7 Å². The highest BCUT2D eigenvalue weighted by Gasteiger charge is 2.55. The van der Waals surface area contributed by atoms with Crippen LogP contribution in [-0.2, 0) is 34.9 Å². The third kappa shape index (κ3) is 5.25. The third-order valence-corrected chi connectivity index (χ3v) is 11.1. The number of hydrogen-bond acceptors (Lipinski definition) is 14. The first-order valence-corrected chi connectivity index (χ1v) is 17.2. The number of nitrogens with zero attached hydrogens (tertiary/aromatic N) is 1. The molecule has 0 radical (unpaired) electrons. The predicted octanol–water partition coefficient (Wildman–Crippen LogP) is 1.27. The van der Waals surface area contributed by atoms with Crippen LogP contribution >= 0.6 is 0 Å². The van der Waals surface area contributed by atoms with E-state index in [1.807, 2.05) is 6.92 Å². The fourth-order valence-electron chi connectivity index (χ4n) is 8.68. The number of carbonyl (C=O) groups is 3. The second-order valence-electron chi connectivity index (χ2n) is 14.0. The number of amides is 1. The normalized spacial score (nSPS) is 34.2. The van der Waals surface area contributed by atoms with E-state index in [-0.39, 0.29) is 46.6 Å². The number of aliphatic hydroxyl groups is 1. The molecule has 0 aromatic heterocycles. The smallest absolute Gasteiger partial charge is 0.252 e. The quantitative estimate of drug-likeness (QED) is 0.229. The van der Waals surface area contributed by atoms with Gasteiger partial charge in [0.2, 0.25) is 5.78 Å². The van der Waals surface area contributed by atoms with E-state index in [0.29, 0.717) is 38.1 Å². The van der Waals surface area contributed by atoms with Crippen molar-refractivity contribution in [3.05, 3.63) is 63.4 Å². The minimum atomic E-state index is -2.18. The van der Waals surface area contributed by atoms with Gasteiger partial charge in [0.25, 0.3) is 5.91 Å². The summed E-state index contributed by atoms with van der Waals surface area (Å²) in [6.07, 6.45) is -1.59. The van der Waals surface area contributed by atoms with Gasteiger partial charge in [-0.25, -0.2) is 0 Å². The number of hydrogen-bond donors (Lipinski definition) is 5. The van der Waals surface area contributed by atoms with Crippen molar-refractivity contribution >= 4 is 17.5 Å². The Bertz CT molecular complexity index is 1850. The molecular weight excluding hydrogens is 666 g/mol. The summed E-state index contributed by atoms with van der Waals surface area (Å²) in [5, 5.41) is 38.7. The van der Waals surface area contributed by atoms with Gasteiger partial charge in [-0.05, 0) is 25.8 Å². The summed E-state index contributed by atoms with van der Waals surface area (Å²) in [6, 6.07) is 3.83. The molecule has 3 aliphatic heterocycles. The van der Waals surface area contributed by atoms with E-state index < -0.39 is 89.2 Å². The van der Waals surface area contributed by atoms with Crippen LogP contribution in [0.4, 0.5) is 0 Å². The van der Waals surface area contributed by atoms with Crippen LogP contribution in [0.15, 0.2) is 30.0 Å². The zero-order valence-corrected chi connectivity index (χ0v) is 28.4. The maximum Gasteiger partial charge on any atom is 0.252 e. The maximum atomic E-state index is 14.1. The van der Waals surface area contributed by atoms with Gasteiger partial charge in [0.1, 0.15) is 29.0 Å². The average molecular weight is 708 g/mol. The molecule has 9 atom stereocenters. The van der Waals surface area contributed by atoms with Crippen molar-refractivity contribution in [2.24, 2.45) is 5.73 Å². The lowest BCUT2D eigenvalue weighted by Crippen LogP contribution is -2.56. The number of nitrogens with one attached hydrogen (secondary N) is 1. The zero-order valence-electron chi connectivity index (χ0n) is 28.4. The Morgan fingerprint density at radius 2 is 1.88 bits per heavy atom.